The number of sulfonamides is 1. The molecule has 21 heavy (non-hydrogen) atoms. The maximum atomic E-state index is 13.6. The first-order chi connectivity index (χ1) is 9.66. The number of halogens is 1. The molecule has 0 amide bonds. The number of benzene rings is 1. The molecule has 6 nitrogen and oxygen atoms in total. The van der Waals surface area contributed by atoms with Gasteiger partial charge in [-0.05, 0) is 31.5 Å². The minimum atomic E-state index is -4.16. The van der Waals surface area contributed by atoms with E-state index < -0.39 is 27.3 Å². The molecule has 0 aromatic heterocycles. The van der Waals surface area contributed by atoms with Crippen LogP contribution in [0.1, 0.15) is 26.7 Å². The van der Waals surface area contributed by atoms with Crippen molar-refractivity contribution in [1.29, 1.82) is 0 Å². The zero-order chi connectivity index (χ0) is 16.3. The highest BCUT2D eigenvalue weighted by Gasteiger charge is 2.37. The summed E-state index contributed by atoms with van der Waals surface area (Å²) in [5.41, 5.74) is -1.65. The summed E-state index contributed by atoms with van der Waals surface area (Å²) < 4.78 is 44.8. The largest absolute Gasteiger partial charge is 0.494 e. The van der Waals surface area contributed by atoms with Crippen molar-refractivity contribution in [2.24, 2.45) is 0 Å². The van der Waals surface area contributed by atoms with E-state index in [-0.39, 0.29) is 17.1 Å². The standard InChI is InChI=1S/C13H18FNO5S/c1-4-7-13(2,12(16)17)15-21(18,19)9-5-6-11(20-3)10(14)8-9/h5-6,8,15H,4,7H2,1-3H3,(H,16,17)/t13-/m0/s1. The predicted octanol–water partition coefficient (Wildman–Crippen LogP) is 1.76. The van der Waals surface area contributed by atoms with Crippen molar-refractivity contribution in [3.63, 3.8) is 0 Å². The van der Waals surface area contributed by atoms with Crippen LogP contribution in [0.5, 0.6) is 5.75 Å². The van der Waals surface area contributed by atoms with Gasteiger partial charge in [0.2, 0.25) is 10.0 Å². The topological polar surface area (TPSA) is 92.7 Å². The monoisotopic (exact) mass is 319 g/mol. The van der Waals surface area contributed by atoms with Gasteiger partial charge in [0.15, 0.2) is 11.6 Å². The fraction of sp³-hybridized carbons (Fsp3) is 0.462. The number of ether oxygens (including phenoxy) is 1. The number of nitrogens with one attached hydrogen (secondary N) is 1. The normalized spacial score (nSPS) is 14.5. The molecule has 1 aromatic carbocycles. The lowest BCUT2D eigenvalue weighted by atomic mass is 9.98. The van der Waals surface area contributed by atoms with Gasteiger partial charge in [0.25, 0.3) is 0 Å². The molecule has 0 fully saturated rings. The molecule has 0 saturated heterocycles. The van der Waals surface area contributed by atoms with Crippen molar-refractivity contribution in [2.45, 2.75) is 37.1 Å². The van der Waals surface area contributed by atoms with E-state index >= 15 is 0 Å². The Morgan fingerprint density at radius 1 is 1.48 bits per heavy atom. The van der Waals surface area contributed by atoms with Crippen LogP contribution in [-0.2, 0) is 14.8 Å². The number of carboxylic acid groups (broad SMARTS) is 1. The molecule has 2 N–H and O–H groups in total. The third-order valence-corrected chi connectivity index (χ3v) is 4.61. The molecule has 118 valence electrons. The van der Waals surface area contributed by atoms with E-state index in [1.807, 2.05) is 0 Å². The zero-order valence-electron chi connectivity index (χ0n) is 12.0. The average molecular weight is 319 g/mol. The van der Waals surface area contributed by atoms with Gasteiger partial charge in [-0.2, -0.15) is 4.72 Å². The van der Waals surface area contributed by atoms with E-state index in [1.54, 1.807) is 6.92 Å². The minimum Gasteiger partial charge on any atom is -0.494 e. The van der Waals surface area contributed by atoms with Gasteiger partial charge in [-0.25, -0.2) is 12.8 Å². The van der Waals surface area contributed by atoms with Gasteiger partial charge >= 0.3 is 5.97 Å². The van der Waals surface area contributed by atoms with Crippen molar-refractivity contribution >= 4 is 16.0 Å². The van der Waals surface area contributed by atoms with Crippen LogP contribution in [-0.4, -0.2) is 32.1 Å². The Balaban J connectivity index is 3.16. The number of rotatable bonds is 7. The van der Waals surface area contributed by atoms with Crippen molar-refractivity contribution in [3.05, 3.63) is 24.0 Å². The lowest BCUT2D eigenvalue weighted by Crippen LogP contribution is -2.51. The van der Waals surface area contributed by atoms with Gasteiger partial charge in [0.1, 0.15) is 5.54 Å². The first-order valence-corrected chi connectivity index (χ1v) is 7.75. The summed E-state index contributed by atoms with van der Waals surface area (Å²) in [5, 5.41) is 9.19. The molecule has 0 aliphatic carbocycles. The number of hydrogen-bond donors (Lipinski definition) is 2. The summed E-state index contributed by atoms with van der Waals surface area (Å²) in [6, 6.07) is 3.11. The predicted molar refractivity (Wildman–Crippen MR) is 74.2 cm³/mol. The summed E-state index contributed by atoms with van der Waals surface area (Å²) >= 11 is 0. The van der Waals surface area contributed by atoms with Gasteiger partial charge in [-0.15, -0.1) is 0 Å². The first-order valence-electron chi connectivity index (χ1n) is 6.27. The second-order valence-corrected chi connectivity index (χ2v) is 6.47. The Morgan fingerprint density at radius 3 is 2.52 bits per heavy atom. The number of carboxylic acids is 1. The van der Waals surface area contributed by atoms with Crippen LogP contribution < -0.4 is 9.46 Å². The third kappa shape index (κ3) is 3.92. The van der Waals surface area contributed by atoms with E-state index in [2.05, 4.69) is 4.72 Å². The fourth-order valence-electron chi connectivity index (χ4n) is 1.87. The van der Waals surface area contributed by atoms with Crippen LogP contribution in [0, 0.1) is 5.82 Å². The van der Waals surface area contributed by atoms with Gasteiger partial charge < -0.3 is 9.84 Å². The summed E-state index contributed by atoms with van der Waals surface area (Å²) in [7, 11) is -2.90. The molecule has 0 aliphatic heterocycles. The van der Waals surface area contributed by atoms with Crippen molar-refractivity contribution in [1.82, 2.24) is 4.72 Å². The lowest BCUT2D eigenvalue weighted by Gasteiger charge is -2.25. The molecule has 1 aromatic rings. The maximum absolute atomic E-state index is 13.6. The van der Waals surface area contributed by atoms with Crippen LogP contribution in [0.3, 0.4) is 0 Å². The minimum absolute atomic E-state index is 0.0940. The van der Waals surface area contributed by atoms with Crippen LogP contribution in [0.4, 0.5) is 4.39 Å². The highest BCUT2D eigenvalue weighted by molar-refractivity contribution is 7.89. The lowest BCUT2D eigenvalue weighted by molar-refractivity contribution is -0.143. The van der Waals surface area contributed by atoms with Crippen LogP contribution >= 0.6 is 0 Å². The van der Waals surface area contributed by atoms with Gasteiger partial charge in [-0.3, -0.25) is 4.79 Å². The van der Waals surface area contributed by atoms with E-state index in [4.69, 9.17) is 4.74 Å². The third-order valence-electron chi connectivity index (χ3n) is 3.02. The van der Waals surface area contributed by atoms with E-state index in [9.17, 15) is 22.7 Å². The molecule has 0 heterocycles. The second-order valence-electron chi connectivity index (χ2n) is 4.79. The number of aliphatic carboxylic acids is 1. The van der Waals surface area contributed by atoms with Gasteiger partial charge in [-0.1, -0.05) is 13.3 Å². The Bertz CT molecular complexity index is 631. The Labute approximate surface area is 123 Å². The molecular weight excluding hydrogens is 301 g/mol. The van der Waals surface area contributed by atoms with Crippen molar-refractivity contribution in [3.8, 4) is 5.75 Å². The summed E-state index contributed by atoms with van der Waals surface area (Å²) in [5.74, 6) is -2.22. The van der Waals surface area contributed by atoms with Gasteiger partial charge in [0, 0.05) is 0 Å². The molecule has 1 atom stereocenters. The van der Waals surface area contributed by atoms with Crippen LogP contribution in [0.2, 0.25) is 0 Å². The fourth-order valence-corrected chi connectivity index (χ4v) is 3.28. The van der Waals surface area contributed by atoms with Crippen molar-refractivity contribution in [2.75, 3.05) is 7.11 Å². The SMILES string of the molecule is CCC[C@](C)(NS(=O)(=O)c1ccc(OC)c(F)c1)C(=O)O. The Hall–Kier alpha value is -1.67. The molecule has 0 unspecified atom stereocenters. The molecule has 0 radical (unpaired) electrons. The zero-order valence-corrected chi connectivity index (χ0v) is 12.8. The molecular formula is C13H18FNO5S. The summed E-state index contributed by atoms with van der Waals surface area (Å²) in [4.78, 5) is 10.9. The quantitative estimate of drug-likeness (QED) is 0.799. The van der Waals surface area contributed by atoms with E-state index in [0.29, 0.717) is 6.42 Å². The number of hydrogen-bond acceptors (Lipinski definition) is 4. The molecule has 0 aliphatic rings. The molecule has 0 spiro atoms. The summed E-state index contributed by atoms with van der Waals surface area (Å²) in [6.07, 6.45) is 0.586. The molecule has 1 rings (SSSR count). The molecule has 0 bridgehead atoms. The van der Waals surface area contributed by atoms with Crippen LogP contribution in [0.25, 0.3) is 0 Å². The highest BCUT2D eigenvalue weighted by atomic mass is 32.2. The number of methoxy groups -OCH3 is 1. The van der Waals surface area contributed by atoms with E-state index in [0.717, 1.165) is 12.1 Å². The van der Waals surface area contributed by atoms with Crippen molar-refractivity contribution < 1.29 is 27.4 Å². The molecule has 0 saturated carbocycles. The number of carbonyl (C=O) groups is 1. The van der Waals surface area contributed by atoms with Crippen LogP contribution in [0.15, 0.2) is 23.1 Å². The summed E-state index contributed by atoms with van der Waals surface area (Å²) in [6.45, 7) is 3.01. The smallest absolute Gasteiger partial charge is 0.324 e. The Morgan fingerprint density at radius 2 is 2.10 bits per heavy atom. The second kappa shape index (κ2) is 6.40. The Kier molecular flexibility index (Phi) is 5.30. The molecule has 8 heteroatoms. The first kappa shape index (κ1) is 17.4. The highest BCUT2D eigenvalue weighted by Crippen LogP contribution is 2.23. The average Bonchev–Trinajstić information content (AvgIpc) is 2.38. The maximum Gasteiger partial charge on any atom is 0.324 e. The van der Waals surface area contributed by atoms with Gasteiger partial charge in [0.05, 0.1) is 12.0 Å². The van der Waals surface area contributed by atoms with E-state index in [1.165, 1.54) is 20.1 Å².